The number of likely N-dealkylation sites (tertiary alicyclic amines) is 1. The number of rotatable bonds is 2. The molecule has 6 nitrogen and oxygen atoms in total. The average molecular weight is 286 g/mol. The SMILES string of the molecule is COC(=O)[C@@]1(c2ccccc2)N=C[C@H]2C(=O)N(C)C(=O)[C@H]21. The largest absolute Gasteiger partial charge is 0.467 e. The molecule has 3 rings (SSSR count). The standard InChI is InChI=1S/C15H14N2O4/c1-17-12(18)10-8-16-15(14(20)21-2,11(10)13(17)19)9-6-4-3-5-7-9/h3-8,10-11H,1-2H3/t10-,11+,15+/m1/s1. The molecule has 0 bridgehead atoms. The minimum Gasteiger partial charge on any atom is -0.467 e. The average Bonchev–Trinajstić information content (AvgIpc) is 3.02. The van der Waals surface area contributed by atoms with E-state index in [1.807, 2.05) is 0 Å². The number of benzene rings is 1. The Balaban J connectivity index is 2.20. The van der Waals surface area contributed by atoms with Crippen molar-refractivity contribution in [3.05, 3.63) is 35.9 Å². The highest BCUT2D eigenvalue weighted by atomic mass is 16.5. The molecule has 2 heterocycles. The third kappa shape index (κ3) is 1.59. The number of carbonyl (C=O) groups excluding carboxylic acids is 3. The fraction of sp³-hybridized carbons (Fsp3) is 0.333. The maximum absolute atomic E-state index is 12.4. The Hall–Kier alpha value is -2.50. The van der Waals surface area contributed by atoms with Crippen LogP contribution in [0.5, 0.6) is 0 Å². The van der Waals surface area contributed by atoms with E-state index in [0.29, 0.717) is 5.56 Å². The number of esters is 1. The zero-order valence-corrected chi connectivity index (χ0v) is 11.6. The van der Waals surface area contributed by atoms with Gasteiger partial charge in [0.15, 0.2) is 5.54 Å². The predicted octanol–water partition coefficient (Wildman–Crippen LogP) is 0.370. The van der Waals surface area contributed by atoms with Crippen molar-refractivity contribution >= 4 is 24.0 Å². The molecule has 2 aliphatic rings. The summed E-state index contributed by atoms with van der Waals surface area (Å²) in [5.41, 5.74) is -0.921. The van der Waals surface area contributed by atoms with Crippen LogP contribution in [0, 0.1) is 11.8 Å². The summed E-state index contributed by atoms with van der Waals surface area (Å²) in [5.74, 6) is -2.95. The van der Waals surface area contributed by atoms with Gasteiger partial charge in [-0.25, -0.2) is 4.79 Å². The van der Waals surface area contributed by atoms with E-state index >= 15 is 0 Å². The van der Waals surface area contributed by atoms with Crippen LogP contribution < -0.4 is 0 Å². The number of methoxy groups -OCH3 is 1. The molecule has 108 valence electrons. The first-order chi connectivity index (χ1) is 10.0. The maximum atomic E-state index is 12.4. The predicted molar refractivity (Wildman–Crippen MR) is 73.4 cm³/mol. The van der Waals surface area contributed by atoms with Crippen LogP contribution in [0.1, 0.15) is 5.56 Å². The Bertz CT molecular complexity index is 655. The quantitative estimate of drug-likeness (QED) is 0.581. The molecule has 0 aliphatic carbocycles. The van der Waals surface area contributed by atoms with Crippen LogP contribution in [-0.4, -0.2) is 43.1 Å². The van der Waals surface area contributed by atoms with Crippen molar-refractivity contribution in [1.29, 1.82) is 0 Å². The number of amides is 2. The lowest BCUT2D eigenvalue weighted by Gasteiger charge is -2.29. The second kappa shape index (κ2) is 4.51. The van der Waals surface area contributed by atoms with Crippen molar-refractivity contribution in [1.82, 2.24) is 4.90 Å². The van der Waals surface area contributed by atoms with E-state index in [2.05, 4.69) is 4.99 Å². The lowest BCUT2D eigenvalue weighted by atomic mass is 9.76. The van der Waals surface area contributed by atoms with E-state index in [9.17, 15) is 14.4 Å². The molecule has 21 heavy (non-hydrogen) atoms. The van der Waals surface area contributed by atoms with Gasteiger partial charge >= 0.3 is 5.97 Å². The number of hydrogen-bond donors (Lipinski definition) is 0. The van der Waals surface area contributed by atoms with Gasteiger partial charge in [0.1, 0.15) is 0 Å². The Morgan fingerprint density at radius 3 is 2.52 bits per heavy atom. The second-order valence-electron chi connectivity index (χ2n) is 5.14. The summed E-state index contributed by atoms with van der Waals surface area (Å²) < 4.78 is 4.88. The second-order valence-corrected chi connectivity index (χ2v) is 5.14. The first kappa shape index (κ1) is 13.5. The third-order valence-corrected chi connectivity index (χ3v) is 4.17. The minimum atomic E-state index is -1.47. The van der Waals surface area contributed by atoms with Crippen LogP contribution in [0.4, 0.5) is 0 Å². The molecule has 1 aromatic carbocycles. The summed E-state index contributed by atoms with van der Waals surface area (Å²) >= 11 is 0. The Morgan fingerprint density at radius 2 is 1.90 bits per heavy atom. The summed E-state index contributed by atoms with van der Waals surface area (Å²) in [6.07, 6.45) is 1.40. The third-order valence-electron chi connectivity index (χ3n) is 4.17. The molecule has 3 atom stereocenters. The van der Waals surface area contributed by atoms with Crippen LogP contribution >= 0.6 is 0 Å². The molecule has 1 fully saturated rings. The topological polar surface area (TPSA) is 76.0 Å². The van der Waals surface area contributed by atoms with E-state index in [-0.39, 0.29) is 5.91 Å². The van der Waals surface area contributed by atoms with Gasteiger partial charge in [0.25, 0.3) is 0 Å². The zero-order chi connectivity index (χ0) is 15.2. The normalized spacial score (nSPS) is 30.7. The van der Waals surface area contributed by atoms with Gasteiger partial charge < -0.3 is 4.74 Å². The van der Waals surface area contributed by atoms with E-state index in [1.165, 1.54) is 20.4 Å². The molecular formula is C15H14N2O4. The number of carbonyl (C=O) groups is 3. The van der Waals surface area contributed by atoms with Gasteiger partial charge in [-0.1, -0.05) is 30.3 Å². The first-order valence-electron chi connectivity index (χ1n) is 6.54. The van der Waals surface area contributed by atoms with Gasteiger partial charge in [0.2, 0.25) is 11.8 Å². The Kier molecular flexibility index (Phi) is 2.90. The molecule has 2 aliphatic heterocycles. The summed E-state index contributed by atoms with van der Waals surface area (Å²) in [7, 11) is 2.67. The van der Waals surface area contributed by atoms with Crippen molar-refractivity contribution in [3.63, 3.8) is 0 Å². The highest BCUT2D eigenvalue weighted by molar-refractivity contribution is 6.16. The van der Waals surface area contributed by atoms with Gasteiger partial charge in [-0.15, -0.1) is 0 Å². The number of nitrogens with zero attached hydrogens (tertiary/aromatic N) is 2. The molecule has 2 amide bonds. The molecule has 0 N–H and O–H groups in total. The van der Waals surface area contributed by atoms with Crippen molar-refractivity contribution < 1.29 is 19.1 Å². The summed E-state index contributed by atoms with van der Waals surface area (Å²) in [6.45, 7) is 0. The number of ether oxygens (including phenoxy) is 1. The van der Waals surface area contributed by atoms with Crippen LogP contribution in [-0.2, 0) is 24.7 Å². The van der Waals surface area contributed by atoms with Gasteiger partial charge in [-0.3, -0.25) is 19.5 Å². The van der Waals surface area contributed by atoms with E-state index in [4.69, 9.17) is 4.74 Å². The van der Waals surface area contributed by atoms with Gasteiger partial charge in [-0.2, -0.15) is 0 Å². The molecule has 1 saturated heterocycles. The fourth-order valence-electron chi connectivity index (χ4n) is 3.10. The van der Waals surface area contributed by atoms with Gasteiger partial charge in [0.05, 0.1) is 18.9 Å². The van der Waals surface area contributed by atoms with E-state index in [0.717, 1.165) is 4.90 Å². The van der Waals surface area contributed by atoms with Crippen molar-refractivity contribution in [2.75, 3.05) is 14.2 Å². The molecule has 6 heteroatoms. The number of hydrogen-bond acceptors (Lipinski definition) is 5. The zero-order valence-electron chi connectivity index (χ0n) is 11.6. The first-order valence-corrected chi connectivity index (χ1v) is 6.54. The highest BCUT2D eigenvalue weighted by Crippen LogP contribution is 2.47. The minimum absolute atomic E-state index is 0.338. The summed E-state index contributed by atoms with van der Waals surface area (Å²) in [5, 5.41) is 0. The van der Waals surface area contributed by atoms with Crippen molar-refractivity contribution in [2.45, 2.75) is 5.54 Å². The number of aliphatic imine (C=N–C) groups is 1. The molecule has 0 saturated carbocycles. The van der Waals surface area contributed by atoms with Gasteiger partial charge in [-0.05, 0) is 5.56 Å². The van der Waals surface area contributed by atoms with E-state index < -0.39 is 29.3 Å². The fourth-order valence-corrected chi connectivity index (χ4v) is 3.10. The molecule has 0 unspecified atom stereocenters. The van der Waals surface area contributed by atoms with Gasteiger partial charge in [0, 0.05) is 13.3 Å². The molecule has 0 radical (unpaired) electrons. The number of fused-ring (bicyclic) bond motifs is 1. The lowest BCUT2D eigenvalue weighted by Crippen LogP contribution is -2.44. The van der Waals surface area contributed by atoms with Crippen molar-refractivity contribution in [2.24, 2.45) is 16.8 Å². The van der Waals surface area contributed by atoms with Crippen molar-refractivity contribution in [3.8, 4) is 0 Å². The lowest BCUT2D eigenvalue weighted by molar-refractivity contribution is -0.153. The van der Waals surface area contributed by atoms with Crippen LogP contribution in [0.15, 0.2) is 35.3 Å². The maximum Gasteiger partial charge on any atom is 0.339 e. The summed E-state index contributed by atoms with van der Waals surface area (Å²) in [4.78, 5) is 42.2. The Labute approximate surface area is 121 Å². The smallest absolute Gasteiger partial charge is 0.339 e. The summed E-state index contributed by atoms with van der Waals surface area (Å²) in [6, 6.07) is 8.75. The molecule has 0 aromatic heterocycles. The molecule has 1 aromatic rings. The van der Waals surface area contributed by atoms with Crippen LogP contribution in [0.3, 0.4) is 0 Å². The Morgan fingerprint density at radius 1 is 1.24 bits per heavy atom. The van der Waals surface area contributed by atoms with Crippen LogP contribution in [0.25, 0.3) is 0 Å². The van der Waals surface area contributed by atoms with E-state index in [1.54, 1.807) is 30.3 Å². The number of imide groups is 1. The van der Waals surface area contributed by atoms with Crippen LogP contribution in [0.2, 0.25) is 0 Å². The molecular weight excluding hydrogens is 272 g/mol. The monoisotopic (exact) mass is 286 g/mol. The highest BCUT2D eigenvalue weighted by Gasteiger charge is 2.64. The molecule has 0 spiro atoms.